The molecule has 0 saturated heterocycles. The van der Waals surface area contributed by atoms with Crippen molar-refractivity contribution in [2.24, 2.45) is 0 Å². The van der Waals surface area contributed by atoms with Gasteiger partial charge in [-0.1, -0.05) is 48.5 Å². The zero-order valence-electron chi connectivity index (χ0n) is 13.5. The van der Waals surface area contributed by atoms with Crippen LogP contribution in [0.25, 0.3) is 0 Å². The van der Waals surface area contributed by atoms with Crippen LogP contribution in [0.4, 0.5) is 0 Å². The molecule has 0 spiro atoms. The Balaban J connectivity index is 1.54. The molecule has 0 aromatic heterocycles. The first-order chi connectivity index (χ1) is 11.4. The molecule has 1 unspecified atom stereocenters. The minimum absolute atomic E-state index is 0.0287. The number of rotatable bonds is 2. The van der Waals surface area contributed by atoms with Crippen LogP contribution in [0.5, 0.6) is 0 Å². The van der Waals surface area contributed by atoms with E-state index in [9.17, 15) is 0 Å². The molecule has 1 N–H and O–H groups in total. The highest BCUT2D eigenvalue weighted by atomic mass is 16.7. The summed E-state index contributed by atoms with van der Waals surface area (Å²) >= 11 is 0. The third-order valence-electron chi connectivity index (χ3n) is 4.86. The van der Waals surface area contributed by atoms with Gasteiger partial charge in [0.1, 0.15) is 0 Å². The molecule has 0 saturated carbocycles. The molecule has 4 rings (SSSR count). The van der Waals surface area contributed by atoms with Crippen LogP contribution in [0.3, 0.4) is 0 Å². The molecule has 120 valence electrons. The lowest BCUT2D eigenvalue weighted by atomic mass is 10.0. The van der Waals surface area contributed by atoms with Crippen LogP contribution in [0.15, 0.2) is 48.5 Å². The molecule has 0 bridgehead atoms. The number of hydrogen-bond acceptors (Lipinski definition) is 3. The molecule has 2 aromatic rings. The molecule has 3 heteroatoms. The maximum atomic E-state index is 6.40. The van der Waals surface area contributed by atoms with Gasteiger partial charge in [0.25, 0.3) is 0 Å². The van der Waals surface area contributed by atoms with E-state index >= 15 is 0 Å². The molecule has 3 nitrogen and oxygen atoms in total. The molecular weight excluding hydrogens is 284 g/mol. The Morgan fingerprint density at radius 2 is 1.61 bits per heavy atom. The molecule has 1 atom stereocenters. The molecular formula is C20H24N2O. The maximum absolute atomic E-state index is 6.40. The van der Waals surface area contributed by atoms with Gasteiger partial charge in [-0.2, -0.15) is 5.06 Å². The number of hydrogen-bond donors (Lipinski definition) is 1. The number of benzene rings is 2. The number of fused-ring (bicyclic) bond motifs is 2. The van der Waals surface area contributed by atoms with E-state index in [1.165, 1.54) is 28.7 Å². The maximum Gasteiger partial charge on any atom is 0.155 e. The third kappa shape index (κ3) is 3.32. The van der Waals surface area contributed by atoms with Crippen molar-refractivity contribution < 1.29 is 4.84 Å². The zero-order chi connectivity index (χ0) is 15.5. The van der Waals surface area contributed by atoms with Crippen molar-refractivity contribution in [3.63, 3.8) is 0 Å². The van der Waals surface area contributed by atoms with Gasteiger partial charge < -0.3 is 0 Å². The summed E-state index contributed by atoms with van der Waals surface area (Å²) < 4.78 is 0. The van der Waals surface area contributed by atoms with Crippen molar-refractivity contribution in [1.82, 2.24) is 10.4 Å². The van der Waals surface area contributed by atoms with Crippen molar-refractivity contribution in [1.29, 1.82) is 0 Å². The summed E-state index contributed by atoms with van der Waals surface area (Å²) in [6, 6.07) is 17.4. The average molecular weight is 308 g/mol. The van der Waals surface area contributed by atoms with Crippen molar-refractivity contribution in [3.05, 3.63) is 70.8 Å². The van der Waals surface area contributed by atoms with Gasteiger partial charge in [-0.05, 0) is 48.9 Å². The standard InChI is InChI=1S/C20H24N2O/c1-2-9-18-15-22(14-6-11-16(18)7-1)23-20-19-12-4-3-8-17(19)10-5-13-21-20/h1-4,7-9,12,20-21H,5-6,10-11,13-15H2. The summed E-state index contributed by atoms with van der Waals surface area (Å²) in [5.41, 5.74) is 5.57. The van der Waals surface area contributed by atoms with Crippen LogP contribution in [-0.2, 0) is 24.2 Å². The minimum atomic E-state index is -0.0287. The van der Waals surface area contributed by atoms with Gasteiger partial charge in [0.2, 0.25) is 0 Å². The predicted molar refractivity (Wildman–Crippen MR) is 91.8 cm³/mol. The van der Waals surface area contributed by atoms with E-state index < -0.39 is 0 Å². The van der Waals surface area contributed by atoms with E-state index in [-0.39, 0.29) is 6.23 Å². The predicted octanol–water partition coefficient (Wildman–Crippen LogP) is 3.60. The quantitative estimate of drug-likeness (QED) is 0.917. The minimum Gasteiger partial charge on any atom is -0.287 e. The topological polar surface area (TPSA) is 24.5 Å². The van der Waals surface area contributed by atoms with Gasteiger partial charge in [-0.3, -0.25) is 10.2 Å². The highest BCUT2D eigenvalue weighted by Crippen LogP contribution is 2.26. The molecule has 0 aliphatic carbocycles. The van der Waals surface area contributed by atoms with Crippen LogP contribution < -0.4 is 5.32 Å². The smallest absolute Gasteiger partial charge is 0.155 e. The molecule has 2 aliphatic rings. The van der Waals surface area contributed by atoms with Crippen molar-refractivity contribution >= 4 is 0 Å². The second-order valence-corrected chi connectivity index (χ2v) is 6.48. The van der Waals surface area contributed by atoms with E-state index in [1.54, 1.807) is 0 Å². The van der Waals surface area contributed by atoms with Crippen molar-refractivity contribution in [2.75, 3.05) is 13.1 Å². The van der Waals surface area contributed by atoms with Gasteiger partial charge in [0, 0.05) is 18.7 Å². The summed E-state index contributed by atoms with van der Waals surface area (Å²) in [5.74, 6) is 0. The molecule has 2 aromatic carbocycles. The lowest BCUT2D eigenvalue weighted by Crippen LogP contribution is -2.33. The highest BCUT2D eigenvalue weighted by Gasteiger charge is 2.23. The Labute approximate surface area is 138 Å². The van der Waals surface area contributed by atoms with Crippen LogP contribution >= 0.6 is 0 Å². The molecule has 2 heterocycles. The lowest BCUT2D eigenvalue weighted by molar-refractivity contribution is -0.215. The van der Waals surface area contributed by atoms with Crippen LogP contribution in [0, 0.1) is 0 Å². The number of aryl methyl sites for hydroxylation is 2. The summed E-state index contributed by atoms with van der Waals surface area (Å²) in [5, 5.41) is 5.71. The Bertz CT molecular complexity index is 670. The zero-order valence-corrected chi connectivity index (χ0v) is 13.5. The number of nitrogens with one attached hydrogen (secondary N) is 1. The third-order valence-corrected chi connectivity index (χ3v) is 4.86. The van der Waals surface area contributed by atoms with Crippen molar-refractivity contribution in [3.8, 4) is 0 Å². The van der Waals surface area contributed by atoms with Gasteiger partial charge in [0.15, 0.2) is 6.23 Å². The largest absolute Gasteiger partial charge is 0.287 e. The second kappa shape index (κ2) is 6.83. The Morgan fingerprint density at radius 3 is 2.52 bits per heavy atom. The fourth-order valence-electron chi connectivity index (χ4n) is 3.64. The molecule has 2 aliphatic heterocycles. The van der Waals surface area contributed by atoms with Gasteiger partial charge in [-0.15, -0.1) is 0 Å². The summed E-state index contributed by atoms with van der Waals surface area (Å²) in [4.78, 5) is 6.40. The Morgan fingerprint density at radius 1 is 0.870 bits per heavy atom. The first kappa shape index (κ1) is 14.9. The number of hydroxylamine groups is 2. The number of nitrogens with zero attached hydrogens (tertiary/aromatic N) is 1. The Hall–Kier alpha value is -1.68. The van der Waals surface area contributed by atoms with E-state index in [0.29, 0.717) is 0 Å². The monoisotopic (exact) mass is 308 g/mol. The van der Waals surface area contributed by atoms with Crippen LogP contribution in [0.1, 0.15) is 41.3 Å². The lowest BCUT2D eigenvalue weighted by Gasteiger charge is -2.27. The van der Waals surface area contributed by atoms with Gasteiger partial charge in [-0.25, -0.2) is 0 Å². The summed E-state index contributed by atoms with van der Waals surface area (Å²) in [6.45, 7) is 2.86. The second-order valence-electron chi connectivity index (χ2n) is 6.48. The van der Waals surface area contributed by atoms with E-state index in [1.807, 2.05) is 0 Å². The molecule has 0 fully saturated rings. The van der Waals surface area contributed by atoms with Crippen LogP contribution in [-0.4, -0.2) is 18.2 Å². The van der Waals surface area contributed by atoms with Gasteiger partial charge in [0.05, 0.1) is 0 Å². The first-order valence-electron chi connectivity index (χ1n) is 8.70. The summed E-state index contributed by atoms with van der Waals surface area (Å²) in [6.07, 6.45) is 4.56. The molecule has 0 amide bonds. The SMILES string of the molecule is c1ccc2c(c1)CCCN(OC1NCCCc3ccccc31)C2. The highest BCUT2D eigenvalue weighted by molar-refractivity contribution is 5.30. The van der Waals surface area contributed by atoms with Crippen molar-refractivity contribution in [2.45, 2.75) is 38.5 Å². The first-order valence-corrected chi connectivity index (χ1v) is 8.70. The molecule has 0 radical (unpaired) electrons. The van der Waals surface area contributed by atoms with E-state index in [0.717, 1.165) is 38.9 Å². The van der Waals surface area contributed by atoms with Crippen LogP contribution in [0.2, 0.25) is 0 Å². The molecule has 23 heavy (non-hydrogen) atoms. The van der Waals surface area contributed by atoms with E-state index in [2.05, 4.69) is 58.9 Å². The van der Waals surface area contributed by atoms with Gasteiger partial charge >= 0.3 is 0 Å². The average Bonchev–Trinajstić information content (AvgIpc) is 2.91. The Kier molecular flexibility index (Phi) is 4.42. The fourth-order valence-corrected chi connectivity index (χ4v) is 3.64. The van der Waals surface area contributed by atoms with E-state index in [4.69, 9.17) is 4.84 Å². The summed E-state index contributed by atoms with van der Waals surface area (Å²) in [7, 11) is 0. The normalized spacial score (nSPS) is 21.8. The fraction of sp³-hybridized carbons (Fsp3) is 0.400.